The summed E-state index contributed by atoms with van der Waals surface area (Å²) in [4.78, 5) is 23.5. The van der Waals surface area contributed by atoms with Gasteiger partial charge in [-0.1, -0.05) is 46.0 Å². The van der Waals surface area contributed by atoms with E-state index in [2.05, 4.69) is 5.32 Å². The molecule has 0 heterocycles. The van der Waals surface area contributed by atoms with Gasteiger partial charge in [0.25, 0.3) is 0 Å². The van der Waals surface area contributed by atoms with Crippen molar-refractivity contribution >= 4 is 11.9 Å². The Labute approximate surface area is 116 Å². The van der Waals surface area contributed by atoms with Crippen molar-refractivity contribution in [2.24, 2.45) is 11.8 Å². The Bertz CT molecular complexity index is 296. The molecular formula is C15H27NO3. The first kappa shape index (κ1) is 16.0. The third-order valence-corrected chi connectivity index (χ3v) is 3.94. The Kier molecular flexibility index (Phi) is 6.89. The summed E-state index contributed by atoms with van der Waals surface area (Å²) in [5.74, 6) is 0.344. The first-order valence-corrected chi connectivity index (χ1v) is 7.41. The topological polar surface area (TPSA) is 55.4 Å². The molecule has 4 nitrogen and oxygen atoms in total. The summed E-state index contributed by atoms with van der Waals surface area (Å²) in [6.07, 6.45) is 7.88. The molecule has 1 N–H and O–H groups in total. The van der Waals surface area contributed by atoms with Gasteiger partial charge < -0.3 is 10.1 Å². The zero-order valence-corrected chi connectivity index (χ0v) is 12.4. The molecule has 0 saturated heterocycles. The summed E-state index contributed by atoms with van der Waals surface area (Å²) >= 11 is 0. The van der Waals surface area contributed by atoms with E-state index in [1.807, 2.05) is 13.8 Å². The predicted octanol–water partition coefficient (Wildman–Crippen LogP) is 2.66. The molecular weight excluding hydrogens is 242 g/mol. The van der Waals surface area contributed by atoms with E-state index < -0.39 is 6.04 Å². The summed E-state index contributed by atoms with van der Waals surface area (Å²) in [6, 6.07) is -0.524. The van der Waals surface area contributed by atoms with Crippen LogP contribution in [-0.2, 0) is 14.3 Å². The minimum Gasteiger partial charge on any atom is -0.467 e. The third-order valence-electron chi connectivity index (χ3n) is 3.94. The fourth-order valence-corrected chi connectivity index (χ4v) is 2.68. The molecule has 1 unspecified atom stereocenters. The van der Waals surface area contributed by atoms with Crippen LogP contribution in [0.15, 0.2) is 0 Å². The summed E-state index contributed by atoms with van der Waals surface area (Å²) in [7, 11) is 1.35. The van der Waals surface area contributed by atoms with Gasteiger partial charge >= 0.3 is 5.97 Å². The minimum atomic E-state index is -0.524. The van der Waals surface area contributed by atoms with Gasteiger partial charge in [0.2, 0.25) is 5.91 Å². The number of hydrogen-bond donors (Lipinski definition) is 1. The van der Waals surface area contributed by atoms with Crippen molar-refractivity contribution in [1.82, 2.24) is 5.32 Å². The number of esters is 1. The Balaban J connectivity index is 2.33. The molecule has 0 spiro atoms. The number of amides is 1. The molecule has 1 rings (SSSR count). The number of carbonyl (C=O) groups is 2. The highest BCUT2D eigenvalue weighted by molar-refractivity contribution is 5.84. The van der Waals surface area contributed by atoms with Gasteiger partial charge in [0, 0.05) is 6.42 Å². The van der Waals surface area contributed by atoms with Crippen molar-refractivity contribution in [2.45, 2.75) is 64.8 Å². The monoisotopic (exact) mass is 269 g/mol. The third kappa shape index (κ3) is 5.62. The van der Waals surface area contributed by atoms with Gasteiger partial charge in [-0.05, 0) is 18.3 Å². The molecule has 0 aromatic heterocycles. The second kappa shape index (κ2) is 8.18. The number of carbonyl (C=O) groups excluding carboxylic acids is 2. The van der Waals surface area contributed by atoms with Gasteiger partial charge in [-0.3, -0.25) is 4.79 Å². The fraction of sp³-hybridized carbons (Fsp3) is 0.867. The van der Waals surface area contributed by atoms with E-state index in [9.17, 15) is 9.59 Å². The van der Waals surface area contributed by atoms with Gasteiger partial charge in [-0.2, -0.15) is 0 Å². The lowest BCUT2D eigenvalue weighted by atomic mass is 9.86. The van der Waals surface area contributed by atoms with Crippen LogP contribution in [0.3, 0.4) is 0 Å². The first-order chi connectivity index (χ1) is 9.04. The molecule has 1 fully saturated rings. The smallest absolute Gasteiger partial charge is 0.328 e. The van der Waals surface area contributed by atoms with Crippen molar-refractivity contribution in [3.63, 3.8) is 0 Å². The number of hydrogen-bond acceptors (Lipinski definition) is 3. The molecule has 4 heteroatoms. The molecule has 1 aliphatic rings. The Morgan fingerprint density at radius 1 is 1.21 bits per heavy atom. The number of methoxy groups -OCH3 is 1. The molecule has 0 aromatic carbocycles. The lowest BCUT2D eigenvalue weighted by Crippen LogP contribution is -2.45. The average Bonchev–Trinajstić information content (AvgIpc) is 2.42. The van der Waals surface area contributed by atoms with Crippen LogP contribution in [0.1, 0.15) is 58.8 Å². The van der Waals surface area contributed by atoms with Gasteiger partial charge in [0.15, 0.2) is 0 Å². The summed E-state index contributed by atoms with van der Waals surface area (Å²) in [6.45, 7) is 3.81. The van der Waals surface area contributed by atoms with E-state index in [4.69, 9.17) is 4.74 Å². The lowest BCUT2D eigenvalue weighted by Gasteiger charge is -2.23. The number of nitrogens with one attached hydrogen (secondary N) is 1. The molecule has 1 atom stereocenters. The maximum atomic E-state index is 11.9. The molecule has 1 amide bonds. The molecule has 0 radical (unpaired) electrons. The SMILES string of the molecule is COC(=O)C(NC(=O)CCC1CCCCC1)C(C)C. The molecule has 0 bridgehead atoms. The fourth-order valence-electron chi connectivity index (χ4n) is 2.68. The van der Waals surface area contributed by atoms with E-state index in [0.29, 0.717) is 12.3 Å². The highest BCUT2D eigenvalue weighted by atomic mass is 16.5. The Hall–Kier alpha value is -1.06. The molecule has 1 aliphatic carbocycles. The molecule has 0 aromatic rings. The largest absolute Gasteiger partial charge is 0.467 e. The Morgan fingerprint density at radius 3 is 2.37 bits per heavy atom. The van der Waals surface area contributed by atoms with E-state index in [1.54, 1.807) is 0 Å². The van der Waals surface area contributed by atoms with Gasteiger partial charge in [-0.15, -0.1) is 0 Å². The van der Waals surface area contributed by atoms with E-state index >= 15 is 0 Å². The second-order valence-corrected chi connectivity index (χ2v) is 5.86. The maximum absolute atomic E-state index is 11.9. The van der Waals surface area contributed by atoms with Crippen molar-refractivity contribution < 1.29 is 14.3 Å². The van der Waals surface area contributed by atoms with Crippen LogP contribution >= 0.6 is 0 Å². The van der Waals surface area contributed by atoms with Crippen LogP contribution in [0.25, 0.3) is 0 Å². The molecule has 1 saturated carbocycles. The second-order valence-electron chi connectivity index (χ2n) is 5.86. The van der Waals surface area contributed by atoms with Crippen molar-refractivity contribution in [1.29, 1.82) is 0 Å². The zero-order chi connectivity index (χ0) is 14.3. The summed E-state index contributed by atoms with van der Waals surface area (Å²) in [5.41, 5.74) is 0. The minimum absolute atomic E-state index is 0.0327. The molecule has 0 aliphatic heterocycles. The van der Waals surface area contributed by atoms with E-state index in [-0.39, 0.29) is 17.8 Å². The Morgan fingerprint density at radius 2 is 1.84 bits per heavy atom. The van der Waals surface area contributed by atoms with E-state index in [1.165, 1.54) is 39.2 Å². The number of ether oxygens (including phenoxy) is 1. The van der Waals surface area contributed by atoms with Crippen LogP contribution in [0.4, 0.5) is 0 Å². The molecule has 110 valence electrons. The van der Waals surface area contributed by atoms with Gasteiger partial charge in [-0.25, -0.2) is 4.79 Å². The zero-order valence-electron chi connectivity index (χ0n) is 12.4. The standard InChI is InChI=1S/C15H27NO3/c1-11(2)14(15(18)19-3)16-13(17)10-9-12-7-5-4-6-8-12/h11-12,14H,4-10H2,1-3H3,(H,16,17). The first-order valence-electron chi connectivity index (χ1n) is 7.41. The van der Waals surface area contributed by atoms with Crippen LogP contribution in [0.2, 0.25) is 0 Å². The summed E-state index contributed by atoms with van der Waals surface area (Å²) < 4.78 is 4.72. The highest BCUT2D eigenvalue weighted by Crippen LogP contribution is 2.27. The quantitative estimate of drug-likeness (QED) is 0.754. The van der Waals surface area contributed by atoms with Crippen molar-refractivity contribution in [3.05, 3.63) is 0 Å². The van der Waals surface area contributed by atoms with Crippen LogP contribution in [-0.4, -0.2) is 25.0 Å². The van der Waals surface area contributed by atoms with Crippen LogP contribution in [0.5, 0.6) is 0 Å². The summed E-state index contributed by atoms with van der Waals surface area (Å²) in [5, 5.41) is 2.79. The maximum Gasteiger partial charge on any atom is 0.328 e. The van der Waals surface area contributed by atoms with Crippen molar-refractivity contribution in [3.8, 4) is 0 Å². The number of rotatable bonds is 6. The highest BCUT2D eigenvalue weighted by Gasteiger charge is 2.25. The van der Waals surface area contributed by atoms with Gasteiger partial charge in [0.1, 0.15) is 6.04 Å². The van der Waals surface area contributed by atoms with Crippen molar-refractivity contribution in [2.75, 3.05) is 7.11 Å². The van der Waals surface area contributed by atoms with Crippen LogP contribution < -0.4 is 5.32 Å². The lowest BCUT2D eigenvalue weighted by molar-refractivity contribution is -0.146. The average molecular weight is 269 g/mol. The van der Waals surface area contributed by atoms with Gasteiger partial charge in [0.05, 0.1) is 7.11 Å². The van der Waals surface area contributed by atoms with Crippen LogP contribution in [0, 0.1) is 11.8 Å². The van der Waals surface area contributed by atoms with E-state index in [0.717, 1.165) is 6.42 Å². The molecule has 19 heavy (non-hydrogen) atoms. The normalized spacial score (nSPS) is 18.1. The predicted molar refractivity (Wildman–Crippen MR) is 74.6 cm³/mol.